The van der Waals surface area contributed by atoms with Crippen molar-refractivity contribution in [2.75, 3.05) is 0 Å². The van der Waals surface area contributed by atoms with Crippen LogP contribution in [0.1, 0.15) is 0 Å². The van der Waals surface area contributed by atoms with Crippen molar-refractivity contribution in [3.05, 3.63) is 164 Å². The second kappa shape index (κ2) is 9.82. The van der Waals surface area contributed by atoms with E-state index in [4.69, 9.17) is 4.98 Å². The third-order valence-corrected chi connectivity index (χ3v) is 8.69. The van der Waals surface area contributed by atoms with Gasteiger partial charge in [-0.25, -0.2) is 4.98 Å². The van der Waals surface area contributed by atoms with E-state index in [9.17, 15) is 0 Å². The maximum atomic E-state index is 5.30. The van der Waals surface area contributed by atoms with Gasteiger partial charge in [-0.05, 0) is 82.6 Å². The van der Waals surface area contributed by atoms with Gasteiger partial charge in [0.2, 0.25) is 0 Å². The van der Waals surface area contributed by atoms with Gasteiger partial charge in [0.05, 0.1) is 22.2 Å². The van der Waals surface area contributed by atoms with Crippen molar-refractivity contribution in [1.29, 1.82) is 0 Å². The Morgan fingerprint density at radius 3 is 1.86 bits per heavy atom. The molecule has 0 bridgehead atoms. The van der Waals surface area contributed by atoms with Crippen LogP contribution in [0.5, 0.6) is 0 Å². The Morgan fingerprint density at radius 2 is 1.07 bits per heavy atom. The van der Waals surface area contributed by atoms with Crippen LogP contribution >= 0.6 is 0 Å². The highest BCUT2D eigenvalue weighted by molar-refractivity contribution is 6.15. The van der Waals surface area contributed by atoms with Crippen molar-refractivity contribution < 1.29 is 0 Å². The molecule has 0 N–H and O–H groups in total. The number of hydrogen-bond acceptors (Lipinski definition) is 1. The quantitative estimate of drug-likeness (QED) is 0.210. The molecule has 0 saturated carbocycles. The Kier molecular flexibility index (Phi) is 5.50. The smallest absolute Gasteiger partial charge is 0.138 e. The standard InChI is InChI=1S/C41H27N3/c1-4-12-28(13-5-1)33-24-37(29-14-6-2-7-15-29)42-41(27-33)44-38-19-11-10-18-35(38)36-23-32-25-39-30(22-31(32)26-40(36)44)20-21-43(39)34-16-8-3-9-17-34/h1-27H. The summed E-state index contributed by atoms with van der Waals surface area (Å²) < 4.78 is 4.61. The van der Waals surface area contributed by atoms with E-state index in [0.717, 1.165) is 39.4 Å². The van der Waals surface area contributed by atoms with E-state index in [1.54, 1.807) is 0 Å². The van der Waals surface area contributed by atoms with Gasteiger partial charge in [0.25, 0.3) is 0 Å². The van der Waals surface area contributed by atoms with E-state index in [2.05, 4.69) is 173 Å². The molecule has 0 aliphatic heterocycles. The van der Waals surface area contributed by atoms with Crippen LogP contribution in [0.3, 0.4) is 0 Å². The molecule has 0 amide bonds. The van der Waals surface area contributed by atoms with Crippen molar-refractivity contribution in [1.82, 2.24) is 14.1 Å². The highest BCUT2D eigenvalue weighted by Gasteiger charge is 2.17. The molecule has 0 saturated heterocycles. The largest absolute Gasteiger partial charge is 0.317 e. The maximum absolute atomic E-state index is 5.30. The number of pyridine rings is 1. The lowest BCUT2D eigenvalue weighted by atomic mass is 10.0. The first-order valence-electron chi connectivity index (χ1n) is 15.0. The number of fused-ring (bicyclic) bond motifs is 5. The summed E-state index contributed by atoms with van der Waals surface area (Å²) in [6, 6.07) is 56.2. The Balaban J connectivity index is 1.32. The topological polar surface area (TPSA) is 22.8 Å². The minimum Gasteiger partial charge on any atom is -0.317 e. The van der Waals surface area contributed by atoms with E-state index < -0.39 is 0 Å². The monoisotopic (exact) mass is 561 g/mol. The van der Waals surface area contributed by atoms with Crippen LogP contribution in [0.25, 0.3) is 77.4 Å². The van der Waals surface area contributed by atoms with E-state index in [-0.39, 0.29) is 0 Å². The Labute approximate surface area is 254 Å². The van der Waals surface area contributed by atoms with Crippen molar-refractivity contribution >= 4 is 43.5 Å². The number of aromatic nitrogens is 3. The number of para-hydroxylation sites is 2. The van der Waals surface area contributed by atoms with Crippen molar-refractivity contribution in [2.24, 2.45) is 0 Å². The lowest BCUT2D eigenvalue weighted by molar-refractivity contribution is 1.09. The molecule has 3 aromatic heterocycles. The molecule has 0 aliphatic rings. The molecule has 0 atom stereocenters. The van der Waals surface area contributed by atoms with Gasteiger partial charge in [0, 0.05) is 33.6 Å². The Morgan fingerprint density at radius 1 is 0.409 bits per heavy atom. The molecule has 3 heteroatoms. The SMILES string of the molecule is c1ccc(-c2cc(-c3ccccc3)nc(-n3c4ccccc4c4cc5cc6c(ccn6-c6ccccc6)cc5cc43)c2)cc1. The fraction of sp³-hybridized carbons (Fsp3) is 0. The molecule has 206 valence electrons. The van der Waals surface area contributed by atoms with Crippen LogP contribution in [0.2, 0.25) is 0 Å². The van der Waals surface area contributed by atoms with E-state index in [1.165, 1.54) is 38.0 Å². The van der Waals surface area contributed by atoms with Gasteiger partial charge in [-0.15, -0.1) is 0 Å². The summed E-state index contributed by atoms with van der Waals surface area (Å²) in [5.74, 6) is 0.909. The summed E-state index contributed by atoms with van der Waals surface area (Å²) in [5, 5.41) is 6.09. The van der Waals surface area contributed by atoms with Crippen LogP contribution in [0.4, 0.5) is 0 Å². The summed E-state index contributed by atoms with van der Waals surface area (Å²) >= 11 is 0. The minimum atomic E-state index is 0.909. The first kappa shape index (κ1) is 24.6. The molecule has 0 spiro atoms. The van der Waals surface area contributed by atoms with Gasteiger partial charge in [-0.1, -0.05) is 97.1 Å². The molecular formula is C41H27N3. The third-order valence-electron chi connectivity index (χ3n) is 8.69. The summed E-state index contributed by atoms with van der Waals surface area (Å²) in [6.07, 6.45) is 2.16. The predicted octanol–water partition coefficient (Wildman–Crippen LogP) is 10.6. The molecule has 9 aromatic rings. The summed E-state index contributed by atoms with van der Waals surface area (Å²) in [5.41, 5.74) is 9.04. The molecule has 0 aliphatic carbocycles. The summed E-state index contributed by atoms with van der Waals surface area (Å²) in [4.78, 5) is 5.30. The van der Waals surface area contributed by atoms with Crippen LogP contribution in [0, 0.1) is 0 Å². The van der Waals surface area contributed by atoms with Crippen LogP contribution in [0.15, 0.2) is 164 Å². The van der Waals surface area contributed by atoms with Crippen molar-refractivity contribution in [3.8, 4) is 33.9 Å². The van der Waals surface area contributed by atoms with E-state index in [1.807, 2.05) is 0 Å². The molecule has 3 nitrogen and oxygen atoms in total. The first-order chi connectivity index (χ1) is 21.8. The van der Waals surface area contributed by atoms with E-state index in [0.29, 0.717) is 0 Å². The number of benzene rings is 6. The number of hydrogen-bond donors (Lipinski definition) is 0. The van der Waals surface area contributed by atoms with Gasteiger partial charge in [0.1, 0.15) is 5.82 Å². The first-order valence-corrected chi connectivity index (χ1v) is 15.0. The zero-order valence-corrected chi connectivity index (χ0v) is 23.9. The van der Waals surface area contributed by atoms with Gasteiger partial charge < -0.3 is 4.57 Å². The summed E-state index contributed by atoms with van der Waals surface area (Å²) in [7, 11) is 0. The number of nitrogens with zero attached hydrogens (tertiary/aromatic N) is 3. The predicted molar refractivity (Wildman–Crippen MR) is 184 cm³/mol. The van der Waals surface area contributed by atoms with Gasteiger partial charge in [-0.2, -0.15) is 0 Å². The average molecular weight is 562 g/mol. The highest BCUT2D eigenvalue weighted by Crippen LogP contribution is 2.37. The molecule has 6 aromatic carbocycles. The molecule has 0 radical (unpaired) electrons. The van der Waals surface area contributed by atoms with Gasteiger partial charge in [0.15, 0.2) is 0 Å². The third kappa shape index (κ3) is 3.94. The maximum Gasteiger partial charge on any atom is 0.138 e. The average Bonchev–Trinajstić information content (AvgIpc) is 3.65. The second-order valence-electron chi connectivity index (χ2n) is 11.3. The lowest BCUT2D eigenvalue weighted by Crippen LogP contribution is -2.00. The van der Waals surface area contributed by atoms with Crippen molar-refractivity contribution in [2.45, 2.75) is 0 Å². The molecule has 0 fully saturated rings. The second-order valence-corrected chi connectivity index (χ2v) is 11.3. The zero-order valence-electron chi connectivity index (χ0n) is 23.9. The van der Waals surface area contributed by atoms with Crippen LogP contribution in [-0.2, 0) is 0 Å². The fourth-order valence-electron chi connectivity index (χ4n) is 6.59. The molecule has 9 rings (SSSR count). The van der Waals surface area contributed by atoms with Crippen molar-refractivity contribution in [3.63, 3.8) is 0 Å². The lowest BCUT2D eigenvalue weighted by Gasteiger charge is -2.13. The molecule has 44 heavy (non-hydrogen) atoms. The van der Waals surface area contributed by atoms with Gasteiger partial charge in [-0.3, -0.25) is 4.57 Å². The number of rotatable bonds is 4. The normalized spacial score (nSPS) is 11.6. The van der Waals surface area contributed by atoms with Gasteiger partial charge >= 0.3 is 0 Å². The molecule has 3 heterocycles. The molecular weight excluding hydrogens is 534 g/mol. The van der Waals surface area contributed by atoms with Crippen LogP contribution in [-0.4, -0.2) is 14.1 Å². The Bertz CT molecular complexity index is 2410. The Hall–Kier alpha value is -5.93. The summed E-state index contributed by atoms with van der Waals surface area (Å²) in [6.45, 7) is 0. The molecule has 0 unspecified atom stereocenters. The minimum absolute atomic E-state index is 0.909. The van der Waals surface area contributed by atoms with Crippen LogP contribution < -0.4 is 0 Å². The zero-order chi connectivity index (χ0) is 29.0. The fourth-order valence-corrected chi connectivity index (χ4v) is 6.59. The highest BCUT2D eigenvalue weighted by atomic mass is 15.1. The van der Waals surface area contributed by atoms with E-state index >= 15 is 0 Å².